The minimum absolute atomic E-state index is 0.249. The van der Waals surface area contributed by atoms with Gasteiger partial charge in [-0.1, -0.05) is 23.7 Å². The summed E-state index contributed by atoms with van der Waals surface area (Å²) < 4.78 is 6.84. The molecule has 7 nitrogen and oxygen atoms in total. The van der Waals surface area contributed by atoms with E-state index < -0.39 is 18.0 Å². The summed E-state index contributed by atoms with van der Waals surface area (Å²) >= 11 is 6.10. The van der Waals surface area contributed by atoms with E-state index in [-0.39, 0.29) is 5.15 Å². The number of nitrogens with zero attached hydrogens (tertiary/aromatic N) is 3. The Morgan fingerprint density at radius 3 is 2.93 bits per heavy atom. The van der Waals surface area contributed by atoms with Crippen LogP contribution in [0.25, 0.3) is 11.7 Å². The van der Waals surface area contributed by atoms with Crippen molar-refractivity contribution in [1.29, 1.82) is 5.26 Å². The van der Waals surface area contributed by atoms with Crippen molar-refractivity contribution >= 4 is 40.9 Å². The summed E-state index contributed by atoms with van der Waals surface area (Å²) in [7, 11) is 0. The summed E-state index contributed by atoms with van der Waals surface area (Å²) in [6, 6.07) is 13.8. The topological polar surface area (TPSA) is 96.5 Å². The van der Waals surface area contributed by atoms with E-state index >= 15 is 0 Å². The molecular formula is C20H15ClN4O3. The third-order valence-electron chi connectivity index (χ3n) is 3.82. The molecular weight excluding hydrogens is 380 g/mol. The van der Waals surface area contributed by atoms with E-state index in [2.05, 4.69) is 10.3 Å². The van der Waals surface area contributed by atoms with Gasteiger partial charge in [-0.25, -0.2) is 9.78 Å². The summed E-state index contributed by atoms with van der Waals surface area (Å²) in [6.07, 6.45) is 3.40. The zero-order chi connectivity index (χ0) is 20.1. The Labute approximate surface area is 165 Å². The van der Waals surface area contributed by atoms with E-state index in [1.807, 2.05) is 18.2 Å². The Morgan fingerprint density at radius 2 is 2.14 bits per heavy atom. The summed E-state index contributed by atoms with van der Waals surface area (Å²) in [5.41, 5.74) is 2.03. The molecule has 1 atom stereocenters. The second-order valence-electron chi connectivity index (χ2n) is 5.81. The molecule has 3 rings (SSSR count). The smallest absolute Gasteiger partial charge is 0.331 e. The molecule has 2 heterocycles. The number of pyridine rings is 1. The molecule has 0 unspecified atom stereocenters. The molecule has 140 valence electrons. The van der Waals surface area contributed by atoms with E-state index in [0.717, 1.165) is 0 Å². The van der Waals surface area contributed by atoms with Crippen molar-refractivity contribution in [3.8, 4) is 6.07 Å². The molecule has 0 aliphatic rings. The van der Waals surface area contributed by atoms with Crippen LogP contribution in [0.2, 0.25) is 5.15 Å². The van der Waals surface area contributed by atoms with Crippen LogP contribution in [0.3, 0.4) is 0 Å². The van der Waals surface area contributed by atoms with E-state index in [1.54, 1.807) is 34.9 Å². The third kappa shape index (κ3) is 4.37. The van der Waals surface area contributed by atoms with Crippen LogP contribution in [0.5, 0.6) is 0 Å². The Kier molecular flexibility index (Phi) is 5.72. The largest absolute Gasteiger partial charge is 0.449 e. The van der Waals surface area contributed by atoms with Gasteiger partial charge < -0.3 is 10.1 Å². The number of rotatable bonds is 5. The molecule has 0 aliphatic carbocycles. The second-order valence-corrected chi connectivity index (χ2v) is 6.17. The van der Waals surface area contributed by atoms with Gasteiger partial charge in [0.05, 0.1) is 17.3 Å². The van der Waals surface area contributed by atoms with E-state index in [0.29, 0.717) is 22.6 Å². The molecule has 0 saturated carbocycles. The van der Waals surface area contributed by atoms with Crippen molar-refractivity contribution in [3.63, 3.8) is 0 Å². The van der Waals surface area contributed by atoms with Gasteiger partial charge in [-0.3, -0.25) is 9.20 Å². The Morgan fingerprint density at radius 1 is 1.32 bits per heavy atom. The predicted octanol–water partition coefficient (Wildman–Crippen LogP) is 3.44. The van der Waals surface area contributed by atoms with Gasteiger partial charge in [-0.15, -0.1) is 0 Å². The quantitative estimate of drug-likeness (QED) is 0.528. The average molecular weight is 395 g/mol. The van der Waals surface area contributed by atoms with Crippen LogP contribution in [0.15, 0.2) is 54.7 Å². The monoisotopic (exact) mass is 394 g/mol. The number of amides is 1. The fraction of sp³-hybridized carbons (Fsp3) is 0.100. The standard InChI is InChI=1S/C20H15ClN4O3/c1-13(20(27)23-15-6-4-5-14(11-15)12-22)28-18(26)9-8-16-19(21)24-17-7-2-3-10-25(16)17/h2-11,13H,1H3,(H,23,27)/b9-8+/t13-/m1/s1. The van der Waals surface area contributed by atoms with Crippen molar-refractivity contribution in [1.82, 2.24) is 9.38 Å². The summed E-state index contributed by atoms with van der Waals surface area (Å²) in [4.78, 5) is 28.4. The molecule has 3 aromatic rings. The van der Waals surface area contributed by atoms with Crippen molar-refractivity contribution < 1.29 is 14.3 Å². The number of imidazole rings is 1. The van der Waals surface area contributed by atoms with Gasteiger partial charge in [0, 0.05) is 18.0 Å². The number of halogens is 1. The fourth-order valence-electron chi connectivity index (χ4n) is 2.46. The number of anilines is 1. The first-order chi connectivity index (χ1) is 13.5. The number of hydrogen-bond acceptors (Lipinski definition) is 5. The van der Waals surface area contributed by atoms with Crippen LogP contribution in [0.4, 0.5) is 5.69 Å². The minimum atomic E-state index is -1.03. The lowest BCUT2D eigenvalue weighted by Crippen LogP contribution is -2.29. The minimum Gasteiger partial charge on any atom is -0.449 e. The third-order valence-corrected chi connectivity index (χ3v) is 4.10. The molecule has 0 aliphatic heterocycles. The number of nitrogens with one attached hydrogen (secondary N) is 1. The number of aromatic nitrogens is 2. The molecule has 28 heavy (non-hydrogen) atoms. The molecule has 0 spiro atoms. The molecule has 2 aromatic heterocycles. The van der Waals surface area contributed by atoms with Gasteiger partial charge >= 0.3 is 5.97 Å². The van der Waals surface area contributed by atoms with Crippen LogP contribution in [0.1, 0.15) is 18.2 Å². The van der Waals surface area contributed by atoms with Gasteiger partial charge in [0.2, 0.25) is 0 Å². The molecule has 8 heteroatoms. The van der Waals surface area contributed by atoms with Gasteiger partial charge in [0.25, 0.3) is 5.91 Å². The predicted molar refractivity (Wildman–Crippen MR) is 105 cm³/mol. The first-order valence-corrected chi connectivity index (χ1v) is 8.68. The highest BCUT2D eigenvalue weighted by molar-refractivity contribution is 6.31. The number of carbonyl (C=O) groups is 2. The van der Waals surface area contributed by atoms with Gasteiger partial charge in [0.1, 0.15) is 5.65 Å². The van der Waals surface area contributed by atoms with Crippen LogP contribution in [-0.2, 0) is 14.3 Å². The van der Waals surface area contributed by atoms with Crippen molar-refractivity contribution in [2.45, 2.75) is 13.0 Å². The fourth-order valence-corrected chi connectivity index (χ4v) is 2.70. The number of benzene rings is 1. The highest BCUT2D eigenvalue weighted by Crippen LogP contribution is 2.19. The number of fused-ring (bicyclic) bond motifs is 1. The molecule has 0 bridgehead atoms. The Balaban J connectivity index is 1.63. The number of hydrogen-bond donors (Lipinski definition) is 1. The molecule has 0 radical (unpaired) electrons. The van der Waals surface area contributed by atoms with Crippen LogP contribution in [-0.4, -0.2) is 27.4 Å². The maximum atomic E-state index is 12.2. The summed E-state index contributed by atoms with van der Waals surface area (Å²) in [5.74, 6) is -1.21. The van der Waals surface area contributed by atoms with Crippen molar-refractivity contribution in [2.75, 3.05) is 5.32 Å². The lowest BCUT2D eigenvalue weighted by molar-refractivity contribution is -0.148. The molecule has 1 aromatic carbocycles. The normalized spacial score (nSPS) is 11.9. The molecule has 0 fully saturated rings. The van der Waals surface area contributed by atoms with Crippen molar-refractivity contribution in [3.05, 3.63) is 71.1 Å². The van der Waals surface area contributed by atoms with Crippen LogP contribution >= 0.6 is 11.6 Å². The molecule has 1 amide bonds. The molecule has 0 saturated heterocycles. The Hall–Kier alpha value is -3.63. The molecule has 1 N–H and O–H groups in total. The highest BCUT2D eigenvalue weighted by atomic mass is 35.5. The van der Waals surface area contributed by atoms with Gasteiger partial charge in [-0.2, -0.15) is 5.26 Å². The number of esters is 1. The van der Waals surface area contributed by atoms with Crippen LogP contribution in [0, 0.1) is 11.3 Å². The zero-order valence-corrected chi connectivity index (χ0v) is 15.6. The lowest BCUT2D eigenvalue weighted by atomic mass is 10.2. The maximum Gasteiger partial charge on any atom is 0.331 e. The first-order valence-electron chi connectivity index (χ1n) is 8.30. The van der Waals surface area contributed by atoms with Crippen molar-refractivity contribution in [2.24, 2.45) is 0 Å². The summed E-state index contributed by atoms with van der Waals surface area (Å²) in [6.45, 7) is 1.45. The van der Waals surface area contributed by atoms with E-state index in [1.165, 1.54) is 25.1 Å². The SMILES string of the molecule is C[C@@H](OC(=O)/C=C/c1c(Cl)nc2ccccn12)C(=O)Nc1cccc(C#N)c1. The summed E-state index contributed by atoms with van der Waals surface area (Å²) in [5, 5.41) is 11.7. The highest BCUT2D eigenvalue weighted by Gasteiger charge is 2.17. The zero-order valence-electron chi connectivity index (χ0n) is 14.8. The lowest BCUT2D eigenvalue weighted by Gasteiger charge is -2.12. The second kappa shape index (κ2) is 8.37. The van der Waals surface area contributed by atoms with Gasteiger partial charge in [0.15, 0.2) is 11.3 Å². The van der Waals surface area contributed by atoms with E-state index in [4.69, 9.17) is 21.6 Å². The van der Waals surface area contributed by atoms with E-state index in [9.17, 15) is 9.59 Å². The number of ether oxygens (including phenoxy) is 1. The van der Waals surface area contributed by atoms with Crippen LogP contribution < -0.4 is 5.32 Å². The average Bonchev–Trinajstić information content (AvgIpc) is 3.01. The Bertz CT molecular complexity index is 1110. The number of carbonyl (C=O) groups excluding carboxylic acids is 2. The number of nitriles is 1. The maximum absolute atomic E-state index is 12.2. The van der Waals surface area contributed by atoms with Gasteiger partial charge in [-0.05, 0) is 43.3 Å². The first kappa shape index (κ1) is 19.1.